The van der Waals surface area contributed by atoms with E-state index in [1.807, 2.05) is 12.1 Å². The number of hydrogen-bond donors (Lipinski definition) is 1. The van der Waals surface area contributed by atoms with Crippen LogP contribution in [0.3, 0.4) is 0 Å². The van der Waals surface area contributed by atoms with Crippen molar-refractivity contribution in [2.45, 2.75) is 38.6 Å². The monoisotopic (exact) mass is 231 g/mol. The first-order valence-corrected chi connectivity index (χ1v) is 6.83. The molecular weight excluding hydrogens is 210 g/mol. The molecule has 0 aromatic heterocycles. The fourth-order valence-electron chi connectivity index (χ4n) is 3.62. The van der Waals surface area contributed by atoms with E-state index in [4.69, 9.17) is 0 Å². The van der Waals surface area contributed by atoms with Gasteiger partial charge in [-0.25, -0.2) is 0 Å². The van der Waals surface area contributed by atoms with E-state index >= 15 is 0 Å². The smallest absolute Gasteiger partial charge is 0.119 e. The lowest BCUT2D eigenvalue weighted by molar-refractivity contribution is 0.215. The van der Waals surface area contributed by atoms with Crippen molar-refractivity contribution in [1.82, 2.24) is 4.90 Å². The van der Waals surface area contributed by atoms with Crippen molar-refractivity contribution in [3.63, 3.8) is 0 Å². The van der Waals surface area contributed by atoms with Crippen molar-refractivity contribution >= 4 is 0 Å². The van der Waals surface area contributed by atoms with E-state index in [1.54, 1.807) is 0 Å². The van der Waals surface area contributed by atoms with E-state index in [0.717, 1.165) is 24.8 Å². The van der Waals surface area contributed by atoms with Crippen molar-refractivity contribution in [3.05, 3.63) is 29.3 Å². The van der Waals surface area contributed by atoms with E-state index in [0.29, 0.717) is 5.75 Å². The van der Waals surface area contributed by atoms with E-state index in [1.165, 1.54) is 37.1 Å². The molecule has 1 N–H and O–H groups in total. The molecular formula is C15H21NO. The largest absolute Gasteiger partial charge is 0.508 e. The summed E-state index contributed by atoms with van der Waals surface area (Å²) in [5, 5.41) is 9.93. The number of benzene rings is 1. The molecule has 3 rings (SSSR count). The molecule has 2 heteroatoms. The van der Waals surface area contributed by atoms with E-state index in [2.05, 4.69) is 17.9 Å². The normalized spacial score (nSPS) is 27.8. The van der Waals surface area contributed by atoms with Crippen molar-refractivity contribution in [3.8, 4) is 5.75 Å². The third-order valence-corrected chi connectivity index (χ3v) is 4.45. The van der Waals surface area contributed by atoms with E-state index in [9.17, 15) is 5.11 Å². The Hall–Kier alpha value is -1.02. The predicted molar refractivity (Wildman–Crippen MR) is 69.3 cm³/mol. The van der Waals surface area contributed by atoms with Crippen molar-refractivity contribution in [1.29, 1.82) is 0 Å². The Morgan fingerprint density at radius 1 is 1.35 bits per heavy atom. The number of likely N-dealkylation sites (tertiary alicyclic amines) is 1. The molecule has 0 radical (unpaired) electrons. The van der Waals surface area contributed by atoms with Gasteiger partial charge in [0.1, 0.15) is 5.75 Å². The zero-order valence-electron chi connectivity index (χ0n) is 10.5. The fourth-order valence-corrected chi connectivity index (χ4v) is 3.62. The maximum atomic E-state index is 9.93. The minimum atomic E-state index is 0.509. The van der Waals surface area contributed by atoms with Crippen LogP contribution in [0.1, 0.15) is 30.9 Å². The minimum absolute atomic E-state index is 0.509. The number of fused-ring (bicyclic) bond motifs is 2. The van der Waals surface area contributed by atoms with Crippen LogP contribution >= 0.6 is 0 Å². The molecule has 2 aliphatic rings. The van der Waals surface area contributed by atoms with Crippen LogP contribution in [-0.2, 0) is 12.8 Å². The minimum Gasteiger partial charge on any atom is -0.508 e. The third kappa shape index (κ3) is 1.85. The first kappa shape index (κ1) is 11.1. The summed E-state index contributed by atoms with van der Waals surface area (Å²) in [7, 11) is 0. The SMILES string of the molecule is CCCN1CC[C@@H]2Cc3c(O)cccc3C[C@@H]21. The van der Waals surface area contributed by atoms with Crippen LogP contribution in [0.25, 0.3) is 0 Å². The Bertz CT molecular complexity index is 415. The highest BCUT2D eigenvalue weighted by molar-refractivity contribution is 5.42. The molecule has 1 aliphatic carbocycles. The maximum absolute atomic E-state index is 9.93. The second-order valence-corrected chi connectivity index (χ2v) is 5.48. The number of hydrogen-bond acceptors (Lipinski definition) is 2. The summed E-state index contributed by atoms with van der Waals surface area (Å²) >= 11 is 0. The number of aromatic hydroxyl groups is 1. The zero-order valence-corrected chi connectivity index (χ0v) is 10.5. The lowest BCUT2D eigenvalue weighted by atomic mass is 9.80. The van der Waals surface area contributed by atoms with Gasteiger partial charge in [0.25, 0.3) is 0 Å². The molecule has 1 fully saturated rings. The molecule has 17 heavy (non-hydrogen) atoms. The Labute approximate surface area is 103 Å². The summed E-state index contributed by atoms with van der Waals surface area (Å²) in [6, 6.07) is 6.73. The van der Waals surface area contributed by atoms with Crippen LogP contribution in [0.2, 0.25) is 0 Å². The summed E-state index contributed by atoms with van der Waals surface area (Å²) in [6.45, 7) is 4.74. The standard InChI is InChI=1S/C15H21NO/c1-2-7-16-8-6-12-9-13-11(10-14(12)16)4-3-5-15(13)17/h3-5,12,14,17H,2,6-10H2,1H3/t12-,14+/m1/s1. The van der Waals surface area contributed by atoms with Gasteiger partial charge in [-0.15, -0.1) is 0 Å². The maximum Gasteiger partial charge on any atom is 0.119 e. The van der Waals surface area contributed by atoms with Crippen LogP contribution < -0.4 is 0 Å². The summed E-state index contributed by atoms with van der Waals surface area (Å²) in [5.41, 5.74) is 2.58. The van der Waals surface area contributed by atoms with Crippen molar-refractivity contribution in [2.24, 2.45) is 5.92 Å². The predicted octanol–water partition coefficient (Wildman–Crippen LogP) is 2.59. The topological polar surface area (TPSA) is 23.5 Å². The lowest BCUT2D eigenvalue weighted by Crippen LogP contribution is -2.38. The van der Waals surface area contributed by atoms with Gasteiger partial charge in [0.15, 0.2) is 0 Å². The molecule has 0 bridgehead atoms. The van der Waals surface area contributed by atoms with Crippen LogP contribution in [0, 0.1) is 5.92 Å². The molecule has 0 unspecified atom stereocenters. The quantitative estimate of drug-likeness (QED) is 0.845. The molecule has 1 aromatic carbocycles. The molecule has 2 atom stereocenters. The first-order valence-electron chi connectivity index (χ1n) is 6.83. The summed E-state index contributed by atoms with van der Waals surface area (Å²) in [4.78, 5) is 2.65. The van der Waals surface area contributed by atoms with E-state index in [-0.39, 0.29) is 0 Å². The third-order valence-electron chi connectivity index (χ3n) is 4.45. The van der Waals surface area contributed by atoms with Crippen LogP contribution in [0.4, 0.5) is 0 Å². The van der Waals surface area contributed by atoms with Crippen molar-refractivity contribution in [2.75, 3.05) is 13.1 Å². The molecule has 0 amide bonds. The number of phenolic OH excluding ortho intramolecular Hbond substituents is 1. The molecule has 1 aliphatic heterocycles. The summed E-state index contributed by atoms with van der Waals surface area (Å²) < 4.78 is 0. The Morgan fingerprint density at radius 3 is 3.06 bits per heavy atom. The second-order valence-electron chi connectivity index (χ2n) is 5.48. The van der Waals surface area contributed by atoms with Gasteiger partial charge in [-0.05, 0) is 61.9 Å². The van der Waals surface area contributed by atoms with Gasteiger partial charge < -0.3 is 5.11 Å². The highest BCUT2D eigenvalue weighted by Gasteiger charge is 2.37. The molecule has 1 aromatic rings. The molecule has 1 saturated heterocycles. The zero-order chi connectivity index (χ0) is 11.8. The van der Waals surface area contributed by atoms with E-state index < -0.39 is 0 Å². The average molecular weight is 231 g/mol. The number of nitrogens with zero attached hydrogens (tertiary/aromatic N) is 1. The van der Waals surface area contributed by atoms with Crippen LogP contribution in [0.5, 0.6) is 5.75 Å². The summed E-state index contributed by atoms with van der Waals surface area (Å²) in [6.07, 6.45) is 4.76. The van der Waals surface area contributed by atoms with Gasteiger partial charge in [-0.2, -0.15) is 0 Å². The Balaban J connectivity index is 1.87. The van der Waals surface area contributed by atoms with Gasteiger partial charge in [0, 0.05) is 6.04 Å². The summed E-state index contributed by atoms with van der Waals surface area (Å²) in [5.74, 6) is 1.28. The Morgan fingerprint density at radius 2 is 2.24 bits per heavy atom. The van der Waals surface area contributed by atoms with Crippen LogP contribution in [-0.4, -0.2) is 29.1 Å². The van der Waals surface area contributed by atoms with Crippen molar-refractivity contribution < 1.29 is 5.11 Å². The number of rotatable bonds is 2. The lowest BCUT2D eigenvalue weighted by Gasteiger charge is -2.33. The van der Waals surface area contributed by atoms with Gasteiger partial charge >= 0.3 is 0 Å². The first-order chi connectivity index (χ1) is 8.29. The molecule has 1 heterocycles. The molecule has 0 spiro atoms. The Kier molecular flexibility index (Phi) is 2.83. The molecule has 2 nitrogen and oxygen atoms in total. The van der Waals surface area contributed by atoms with Gasteiger partial charge in [0.05, 0.1) is 0 Å². The van der Waals surface area contributed by atoms with Crippen LogP contribution in [0.15, 0.2) is 18.2 Å². The second kappa shape index (κ2) is 4.34. The molecule has 92 valence electrons. The average Bonchev–Trinajstić information content (AvgIpc) is 2.71. The van der Waals surface area contributed by atoms with Gasteiger partial charge in [0.2, 0.25) is 0 Å². The van der Waals surface area contributed by atoms with Gasteiger partial charge in [-0.1, -0.05) is 19.1 Å². The molecule has 0 saturated carbocycles. The number of phenols is 1. The highest BCUT2D eigenvalue weighted by atomic mass is 16.3. The van der Waals surface area contributed by atoms with Gasteiger partial charge in [-0.3, -0.25) is 4.90 Å². The highest BCUT2D eigenvalue weighted by Crippen LogP contribution is 2.38. The fraction of sp³-hybridized carbons (Fsp3) is 0.600.